The second kappa shape index (κ2) is 3.68. The van der Waals surface area contributed by atoms with Crippen LogP contribution in [0.3, 0.4) is 0 Å². The Morgan fingerprint density at radius 3 is 1.67 bits per heavy atom. The molecule has 1 aromatic rings. The van der Waals surface area contributed by atoms with Crippen LogP contribution in [0.25, 0.3) is 0 Å². The Morgan fingerprint density at radius 2 is 1.44 bits per heavy atom. The van der Waals surface area contributed by atoms with Gasteiger partial charge in [-0.2, -0.15) is 0 Å². The van der Waals surface area contributed by atoms with E-state index >= 15 is 0 Å². The summed E-state index contributed by atoms with van der Waals surface area (Å²) in [4.78, 5) is 0. The molecule has 0 aliphatic carbocycles. The van der Waals surface area contributed by atoms with Crippen molar-refractivity contribution in [3.8, 4) is 11.5 Å². The first-order chi connectivity index (χ1) is 3.79. The molecule has 0 aliphatic rings. The Hall–Kier alpha value is -0.297. The number of benzene rings is 1. The third-order valence-corrected chi connectivity index (χ3v) is 0.830. The molecule has 0 bridgehead atoms. The molecule has 0 amide bonds. The van der Waals surface area contributed by atoms with Crippen LogP contribution in [-0.2, 0) is 0 Å². The molecular formula is C6H9BiO2. The van der Waals surface area contributed by atoms with Gasteiger partial charge in [-0.3, -0.25) is 0 Å². The standard InChI is InChI=1S/C6H6O2.Bi.3H/c7-5-2-1-3-6(8)4-5;;;;/h1-4,7-8H;;;;. The first-order valence-electron chi connectivity index (χ1n) is 2.27. The van der Waals surface area contributed by atoms with Crippen molar-refractivity contribution in [1.29, 1.82) is 0 Å². The van der Waals surface area contributed by atoms with Crippen molar-refractivity contribution in [2.75, 3.05) is 0 Å². The summed E-state index contributed by atoms with van der Waals surface area (Å²) in [6, 6.07) is 5.85. The van der Waals surface area contributed by atoms with Crippen LogP contribution in [0.1, 0.15) is 0 Å². The van der Waals surface area contributed by atoms with Gasteiger partial charge in [0.25, 0.3) is 0 Å². The molecule has 1 rings (SSSR count). The molecule has 0 radical (unpaired) electrons. The van der Waals surface area contributed by atoms with E-state index in [0.717, 1.165) is 0 Å². The van der Waals surface area contributed by atoms with Crippen LogP contribution >= 0.6 is 0 Å². The molecule has 50 valence electrons. The topological polar surface area (TPSA) is 40.5 Å². The van der Waals surface area contributed by atoms with Gasteiger partial charge in [0.05, 0.1) is 0 Å². The van der Waals surface area contributed by atoms with Gasteiger partial charge in [-0.25, -0.2) is 0 Å². The number of rotatable bonds is 0. The molecule has 2 nitrogen and oxygen atoms in total. The second-order valence-electron chi connectivity index (χ2n) is 1.52. The third kappa shape index (κ3) is 2.66. The van der Waals surface area contributed by atoms with Crippen LogP contribution in [0.4, 0.5) is 0 Å². The molecule has 0 saturated carbocycles. The molecule has 0 aliphatic heterocycles. The minimum absolute atomic E-state index is 0. The Kier molecular flexibility index (Phi) is 3.55. The van der Waals surface area contributed by atoms with E-state index in [-0.39, 0.29) is 37.7 Å². The third-order valence-electron chi connectivity index (χ3n) is 0.830. The maximum absolute atomic E-state index is 8.65. The van der Waals surface area contributed by atoms with Crippen molar-refractivity contribution >= 4 is 26.2 Å². The number of phenolic OH excluding ortho intramolecular Hbond substituents is 2. The van der Waals surface area contributed by atoms with E-state index in [1.165, 1.54) is 18.2 Å². The summed E-state index contributed by atoms with van der Waals surface area (Å²) in [5, 5.41) is 17.3. The molecule has 0 heterocycles. The molecule has 2 N–H and O–H groups in total. The first-order valence-corrected chi connectivity index (χ1v) is 2.27. The molecule has 0 aromatic heterocycles. The summed E-state index contributed by atoms with van der Waals surface area (Å²) < 4.78 is 0. The zero-order valence-electron chi connectivity index (χ0n) is 4.91. The van der Waals surface area contributed by atoms with Crippen LogP contribution in [0.15, 0.2) is 24.3 Å². The van der Waals surface area contributed by atoms with Crippen molar-refractivity contribution < 1.29 is 10.2 Å². The van der Waals surface area contributed by atoms with Crippen molar-refractivity contribution in [3.63, 3.8) is 0 Å². The maximum atomic E-state index is 8.65. The molecule has 0 fully saturated rings. The quantitative estimate of drug-likeness (QED) is 0.656. The zero-order chi connectivity index (χ0) is 5.98. The molecule has 0 unspecified atom stereocenters. The zero-order valence-corrected chi connectivity index (χ0v) is 10.4. The van der Waals surface area contributed by atoms with Gasteiger partial charge in [0.2, 0.25) is 0 Å². The Morgan fingerprint density at radius 1 is 1.00 bits per heavy atom. The minimum atomic E-state index is 0. The summed E-state index contributed by atoms with van der Waals surface area (Å²) in [6.07, 6.45) is 0. The average molecular weight is 322 g/mol. The van der Waals surface area contributed by atoms with E-state index in [0.29, 0.717) is 0 Å². The SMILES string of the molecule is Oc1cccc(O)c1.[BiH3]. The summed E-state index contributed by atoms with van der Waals surface area (Å²) >= 11 is 0. The van der Waals surface area contributed by atoms with Crippen molar-refractivity contribution in [2.45, 2.75) is 0 Å². The van der Waals surface area contributed by atoms with E-state index in [2.05, 4.69) is 0 Å². The van der Waals surface area contributed by atoms with Gasteiger partial charge in [0.15, 0.2) is 0 Å². The van der Waals surface area contributed by atoms with Crippen LogP contribution in [0.5, 0.6) is 11.5 Å². The van der Waals surface area contributed by atoms with E-state index in [9.17, 15) is 0 Å². The molecule has 1 aromatic carbocycles. The second-order valence-corrected chi connectivity index (χ2v) is 1.52. The summed E-state index contributed by atoms with van der Waals surface area (Å²) in [6.45, 7) is 0. The van der Waals surface area contributed by atoms with Gasteiger partial charge >= 0.3 is 26.2 Å². The number of hydrogen-bond acceptors (Lipinski definition) is 2. The first kappa shape index (κ1) is 8.70. The molecule has 3 heteroatoms. The Labute approximate surface area is 72.3 Å². The predicted molar refractivity (Wildman–Crippen MR) is 39.7 cm³/mol. The molecular weight excluding hydrogens is 313 g/mol. The number of hydrogen-bond donors (Lipinski definition) is 2. The van der Waals surface area contributed by atoms with Gasteiger partial charge < -0.3 is 10.2 Å². The van der Waals surface area contributed by atoms with Crippen molar-refractivity contribution in [1.82, 2.24) is 0 Å². The van der Waals surface area contributed by atoms with Crippen LogP contribution in [0, 0.1) is 0 Å². The summed E-state index contributed by atoms with van der Waals surface area (Å²) in [7, 11) is 0. The number of aromatic hydroxyl groups is 2. The molecule has 0 spiro atoms. The predicted octanol–water partition coefficient (Wildman–Crippen LogP) is -0.0861. The van der Waals surface area contributed by atoms with Gasteiger partial charge in [-0.05, 0) is 12.1 Å². The van der Waals surface area contributed by atoms with Crippen molar-refractivity contribution in [2.24, 2.45) is 0 Å². The molecule has 0 atom stereocenters. The van der Waals surface area contributed by atoms with Crippen molar-refractivity contribution in [3.05, 3.63) is 24.3 Å². The Bertz CT molecular complexity index is 171. The fraction of sp³-hybridized carbons (Fsp3) is 0. The average Bonchev–Trinajstić information content (AvgIpc) is 1.64. The van der Waals surface area contributed by atoms with E-state index < -0.39 is 0 Å². The fourth-order valence-corrected chi connectivity index (χ4v) is 0.493. The summed E-state index contributed by atoms with van der Waals surface area (Å²) in [5.41, 5.74) is 0. The van der Waals surface area contributed by atoms with E-state index in [1.54, 1.807) is 6.07 Å². The normalized spacial score (nSPS) is 8.00. The van der Waals surface area contributed by atoms with Crippen LogP contribution < -0.4 is 0 Å². The molecule has 0 saturated heterocycles. The van der Waals surface area contributed by atoms with Gasteiger partial charge in [-0.1, -0.05) is 6.07 Å². The van der Waals surface area contributed by atoms with Gasteiger partial charge in [0.1, 0.15) is 11.5 Å². The molecule has 9 heavy (non-hydrogen) atoms. The summed E-state index contributed by atoms with van der Waals surface area (Å²) in [5.74, 6) is 0.176. The fourth-order valence-electron chi connectivity index (χ4n) is 0.493. The Balaban J connectivity index is 0.000000640. The monoisotopic (exact) mass is 322 g/mol. The van der Waals surface area contributed by atoms with Gasteiger partial charge in [-0.15, -0.1) is 0 Å². The van der Waals surface area contributed by atoms with Crippen LogP contribution in [0.2, 0.25) is 0 Å². The van der Waals surface area contributed by atoms with Gasteiger partial charge in [0, 0.05) is 6.07 Å². The van der Waals surface area contributed by atoms with E-state index in [4.69, 9.17) is 10.2 Å². The number of phenols is 2. The van der Waals surface area contributed by atoms with E-state index in [1.807, 2.05) is 0 Å². The van der Waals surface area contributed by atoms with Crippen LogP contribution in [-0.4, -0.2) is 36.4 Å².